The van der Waals surface area contributed by atoms with Gasteiger partial charge in [-0.2, -0.15) is 0 Å². The molecule has 0 bridgehead atoms. The second-order valence-corrected chi connectivity index (χ2v) is 4.21. The van der Waals surface area contributed by atoms with Gasteiger partial charge in [0.2, 0.25) is 5.91 Å². The molecule has 1 aromatic carbocycles. The highest BCUT2D eigenvalue weighted by Gasteiger charge is 2.07. The van der Waals surface area contributed by atoms with Gasteiger partial charge in [-0.05, 0) is 18.4 Å². The first-order valence-corrected chi connectivity index (χ1v) is 6.19. The van der Waals surface area contributed by atoms with Crippen LogP contribution in [0.25, 0.3) is 0 Å². The van der Waals surface area contributed by atoms with Crippen LogP contribution >= 0.6 is 0 Å². The van der Waals surface area contributed by atoms with Gasteiger partial charge in [0.25, 0.3) is 0 Å². The summed E-state index contributed by atoms with van der Waals surface area (Å²) < 4.78 is 4.53. The average Bonchev–Trinajstić information content (AvgIpc) is 2.42. The van der Waals surface area contributed by atoms with E-state index in [1.807, 2.05) is 30.3 Å². The number of esters is 1. The topological polar surface area (TPSA) is 55.4 Å². The standard InChI is InChI=1S/C15H19NO3/c1-12(17)16-14(10-11-15(18)19-2)9-8-13-6-4-3-5-7-13/h3-7,10-11,14H,8-9H2,1-2H3,(H,16,17)/b11-10+/t14-/m0/s1. The maximum atomic E-state index is 11.1. The van der Waals surface area contributed by atoms with Crippen molar-refractivity contribution in [1.29, 1.82) is 0 Å². The smallest absolute Gasteiger partial charge is 0.330 e. The number of hydrogen-bond acceptors (Lipinski definition) is 3. The lowest BCUT2D eigenvalue weighted by Crippen LogP contribution is -2.32. The Morgan fingerprint density at radius 1 is 1.32 bits per heavy atom. The van der Waals surface area contributed by atoms with Gasteiger partial charge in [0.05, 0.1) is 7.11 Å². The van der Waals surface area contributed by atoms with Crippen LogP contribution in [0.4, 0.5) is 0 Å². The number of methoxy groups -OCH3 is 1. The molecular formula is C15H19NO3. The van der Waals surface area contributed by atoms with Crippen molar-refractivity contribution in [3.63, 3.8) is 0 Å². The number of carbonyl (C=O) groups excluding carboxylic acids is 2. The average molecular weight is 261 g/mol. The minimum atomic E-state index is -0.421. The van der Waals surface area contributed by atoms with Gasteiger partial charge in [0, 0.05) is 19.0 Å². The summed E-state index contributed by atoms with van der Waals surface area (Å²) in [6.07, 6.45) is 4.57. The maximum Gasteiger partial charge on any atom is 0.330 e. The van der Waals surface area contributed by atoms with Crippen LogP contribution in [-0.2, 0) is 20.7 Å². The molecule has 1 rings (SSSR count). The fourth-order valence-corrected chi connectivity index (χ4v) is 1.71. The third-order valence-electron chi connectivity index (χ3n) is 2.64. The first kappa shape index (κ1) is 15.0. The van der Waals surface area contributed by atoms with Gasteiger partial charge in [-0.1, -0.05) is 36.4 Å². The van der Waals surface area contributed by atoms with Gasteiger partial charge in [-0.15, -0.1) is 0 Å². The monoisotopic (exact) mass is 261 g/mol. The second kappa shape index (κ2) is 8.08. The highest BCUT2D eigenvalue weighted by atomic mass is 16.5. The Labute approximate surface area is 113 Å². The number of benzene rings is 1. The highest BCUT2D eigenvalue weighted by Crippen LogP contribution is 2.06. The number of hydrogen-bond donors (Lipinski definition) is 1. The van der Waals surface area contributed by atoms with Crippen LogP contribution in [-0.4, -0.2) is 25.0 Å². The third kappa shape index (κ3) is 6.41. The van der Waals surface area contributed by atoms with Crippen LogP contribution in [0.15, 0.2) is 42.5 Å². The Hall–Kier alpha value is -2.10. The predicted molar refractivity (Wildman–Crippen MR) is 73.5 cm³/mol. The van der Waals surface area contributed by atoms with Crippen molar-refractivity contribution in [3.05, 3.63) is 48.0 Å². The summed E-state index contributed by atoms with van der Waals surface area (Å²) in [5, 5.41) is 2.80. The predicted octanol–water partition coefficient (Wildman–Crippen LogP) is 1.85. The molecule has 1 amide bonds. The molecule has 0 aromatic heterocycles. The largest absolute Gasteiger partial charge is 0.466 e. The molecule has 19 heavy (non-hydrogen) atoms. The summed E-state index contributed by atoms with van der Waals surface area (Å²) in [7, 11) is 1.32. The fourth-order valence-electron chi connectivity index (χ4n) is 1.71. The normalized spacial score (nSPS) is 12.1. The molecule has 0 radical (unpaired) electrons. The number of ether oxygens (including phenoxy) is 1. The van der Waals surface area contributed by atoms with Crippen LogP contribution < -0.4 is 5.32 Å². The van der Waals surface area contributed by atoms with E-state index in [-0.39, 0.29) is 11.9 Å². The number of carbonyl (C=O) groups is 2. The van der Waals surface area contributed by atoms with Crippen molar-refractivity contribution >= 4 is 11.9 Å². The zero-order valence-corrected chi connectivity index (χ0v) is 11.3. The first-order valence-electron chi connectivity index (χ1n) is 6.19. The van der Waals surface area contributed by atoms with Gasteiger partial charge >= 0.3 is 5.97 Å². The van der Waals surface area contributed by atoms with Crippen LogP contribution in [0.1, 0.15) is 18.9 Å². The number of rotatable bonds is 6. The van der Waals surface area contributed by atoms with Crippen molar-refractivity contribution in [2.75, 3.05) is 7.11 Å². The number of amides is 1. The van der Waals surface area contributed by atoms with Crippen LogP contribution in [0.2, 0.25) is 0 Å². The van der Waals surface area contributed by atoms with Crippen molar-refractivity contribution in [3.8, 4) is 0 Å². The fraction of sp³-hybridized carbons (Fsp3) is 0.333. The molecule has 0 unspecified atom stereocenters. The molecule has 102 valence electrons. The lowest BCUT2D eigenvalue weighted by atomic mass is 10.0. The molecular weight excluding hydrogens is 242 g/mol. The van der Waals surface area contributed by atoms with E-state index in [0.717, 1.165) is 12.8 Å². The summed E-state index contributed by atoms with van der Waals surface area (Å²) in [6, 6.07) is 9.83. The van der Waals surface area contributed by atoms with Gasteiger partial charge in [0.1, 0.15) is 0 Å². The molecule has 4 nitrogen and oxygen atoms in total. The lowest BCUT2D eigenvalue weighted by Gasteiger charge is -2.13. The quantitative estimate of drug-likeness (QED) is 0.628. The van der Waals surface area contributed by atoms with Crippen LogP contribution in [0, 0.1) is 0 Å². The Morgan fingerprint density at radius 3 is 2.58 bits per heavy atom. The van der Waals surface area contributed by atoms with Crippen LogP contribution in [0.5, 0.6) is 0 Å². The SMILES string of the molecule is COC(=O)/C=C/[C@H](CCc1ccccc1)NC(C)=O. The van der Waals surface area contributed by atoms with Crippen LogP contribution in [0.3, 0.4) is 0 Å². The number of nitrogens with one attached hydrogen (secondary N) is 1. The molecule has 0 saturated carbocycles. The van der Waals surface area contributed by atoms with Gasteiger partial charge in [0.15, 0.2) is 0 Å². The second-order valence-electron chi connectivity index (χ2n) is 4.21. The van der Waals surface area contributed by atoms with E-state index in [1.165, 1.54) is 25.7 Å². The van der Waals surface area contributed by atoms with E-state index in [9.17, 15) is 9.59 Å². The van der Waals surface area contributed by atoms with Crippen molar-refractivity contribution < 1.29 is 14.3 Å². The van der Waals surface area contributed by atoms with E-state index in [0.29, 0.717) is 0 Å². The van der Waals surface area contributed by atoms with E-state index >= 15 is 0 Å². The molecule has 0 fully saturated rings. The minimum Gasteiger partial charge on any atom is -0.466 e. The van der Waals surface area contributed by atoms with E-state index < -0.39 is 5.97 Å². The molecule has 0 aliphatic carbocycles. The van der Waals surface area contributed by atoms with Gasteiger partial charge in [-0.25, -0.2) is 4.79 Å². The lowest BCUT2D eigenvalue weighted by molar-refractivity contribution is -0.134. The Balaban J connectivity index is 2.56. The molecule has 1 N–H and O–H groups in total. The Morgan fingerprint density at radius 2 is 2.00 bits per heavy atom. The summed E-state index contributed by atoms with van der Waals surface area (Å²) in [5.41, 5.74) is 1.20. The molecule has 0 spiro atoms. The first-order chi connectivity index (χ1) is 9.11. The molecule has 0 saturated heterocycles. The van der Waals surface area contributed by atoms with E-state index in [1.54, 1.807) is 6.08 Å². The minimum absolute atomic E-state index is 0.118. The highest BCUT2D eigenvalue weighted by molar-refractivity contribution is 5.82. The van der Waals surface area contributed by atoms with Gasteiger partial charge < -0.3 is 10.1 Å². The third-order valence-corrected chi connectivity index (χ3v) is 2.64. The Kier molecular flexibility index (Phi) is 6.36. The summed E-state index contributed by atoms with van der Waals surface area (Å²) in [4.78, 5) is 22.2. The molecule has 0 aliphatic rings. The van der Waals surface area contributed by atoms with Gasteiger partial charge in [-0.3, -0.25) is 4.79 Å². The molecule has 1 aromatic rings. The van der Waals surface area contributed by atoms with Crippen molar-refractivity contribution in [1.82, 2.24) is 5.32 Å². The Bertz CT molecular complexity index is 440. The zero-order valence-electron chi connectivity index (χ0n) is 11.3. The molecule has 0 aliphatic heterocycles. The number of aryl methyl sites for hydroxylation is 1. The summed E-state index contributed by atoms with van der Waals surface area (Å²) in [5.74, 6) is -0.539. The summed E-state index contributed by atoms with van der Waals surface area (Å²) >= 11 is 0. The summed E-state index contributed by atoms with van der Waals surface area (Å²) in [6.45, 7) is 1.46. The molecule has 1 atom stereocenters. The molecule has 0 heterocycles. The van der Waals surface area contributed by atoms with Crippen molar-refractivity contribution in [2.45, 2.75) is 25.8 Å². The van der Waals surface area contributed by atoms with E-state index in [4.69, 9.17) is 0 Å². The van der Waals surface area contributed by atoms with Crippen molar-refractivity contribution in [2.24, 2.45) is 0 Å². The van der Waals surface area contributed by atoms with E-state index in [2.05, 4.69) is 10.1 Å². The zero-order chi connectivity index (χ0) is 14.1. The molecule has 4 heteroatoms. The maximum absolute atomic E-state index is 11.1.